The number of carbonyl (C=O) groups excluding carboxylic acids is 1. The van der Waals surface area contributed by atoms with E-state index in [4.69, 9.17) is 4.74 Å². The Labute approximate surface area is 151 Å². The Balaban J connectivity index is 1.77. The fraction of sp³-hybridized carbons (Fsp3) is 0.0455. The molecule has 0 spiro atoms. The highest BCUT2D eigenvalue weighted by molar-refractivity contribution is 6.12. The van der Waals surface area contributed by atoms with Crippen molar-refractivity contribution < 1.29 is 14.6 Å². The molecule has 1 aliphatic heterocycles. The third kappa shape index (κ3) is 2.93. The Morgan fingerprint density at radius 3 is 2.38 bits per heavy atom. The minimum atomic E-state index is -0.517. The summed E-state index contributed by atoms with van der Waals surface area (Å²) in [5, 5.41) is 13.0. The molecule has 1 heterocycles. The van der Waals surface area contributed by atoms with Crippen LogP contribution in [0.1, 0.15) is 22.0 Å². The van der Waals surface area contributed by atoms with Crippen LogP contribution in [0.5, 0.6) is 11.5 Å². The quantitative estimate of drug-likeness (QED) is 0.534. The van der Waals surface area contributed by atoms with E-state index in [1.165, 1.54) is 0 Å². The van der Waals surface area contributed by atoms with Crippen molar-refractivity contribution >= 4 is 11.5 Å². The van der Waals surface area contributed by atoms with Crippen LogP contribution in [-0.4, -0.2) is 10.9 Å². The summed E-state index contributed by atoms with van der Waals surface area (Å²) in [6.45, 7) is 0. The van der Waals surface area contributed by atoms with E-state index in [1.807, 2.05) is 48.5 Å². The van der Waals surface area contributed by atoms with Gasteiger partial charge in [0.15, 0.2) is 11.9 Å². The number of Topliss-reactive ketones (excluding diaryl/α,β-unsaturated/α-hetero) is 1. The normalized spacial score (nSPS) is 17.5. The van der Waals surface area contributed by atoms with E-state index in [0.717, 1.165) is 5.56 Å². The number of anilines is 1. The van der Waals surface area contributed by atoms with Crippen LogP contribution in [0, 0.1) is 0 Å². The van der Waals surface area contributed by atoms with Crippen molar-refractivity contribution in [2.24, 2.45) is 0 Å². The van der Waals surface area contributed by atoms with Crippen molar-refractivity contribution in [2.75, 3.05) is 5.32 Å². The predicted octanol–water partition coefficient (Wildman–Crippen LogP) is 4.70. The number of aromatic hydroxyl groups is 1. The molecule has 0 fully saturated rings. The zero-order valence-electron chi connectivity index (χ0n) is 13.9. The number of fused-ring (bicyclic) bond motifs is 1. The number of benzene rings is 3. The van der Waals surface area contributed by atoms with Gasteiger partial charge >= 0.3 is 0 Å². The van der Waals surface area contributed by atoms with Crippen LogP contribution in [0.4, 0.5) is 5.69 Å². The van der Waals surface area contributed by atoms with Crippen molar-refractivity contribution in [3.05, 3.63) is 102 Å². The fourth-order valence-electron chi connectivity index (χ4n) is 2.99. The lowest BCUT2D eigenvalue weighted by Gasteiger charge is -2.28. The molecule has 4 nitrogen and oxygen atoms in total. The zero-order valence-corrected chi connectivity index (χ0v) is 13.9. The maximum absolute atomic E-state index is 13.1. The molecule has 1 unspecified atom stereocenters. The average Bonchev–Trinajstić information content (AvgIpc) is 2.69. The van der Waals surface area contributed by atoms with Gasteiger partial charge in [-0.25, -0.2) is 0 Å². The smallest absolute Gasteiger partial charge is 0.198 e. The Kier molecular flexibility index (Phi) is 4.15. The van der Waals surface area contributed by atoms with Crippen molar-refractivity contribution in [1.29, 1.82) is 0 Å². The number of carbonyl (C=O) groups is 1. The van der Waals surface area contributed by atoms with Crippen LogP contribution in [0.15, 0.2) is 90.6 Å². The van der Waals surface area contributed by atoms with Gasteiger partial charge in [0.25, 0.3) is 0 Å². The molecule has 2 N–H and O–H groups in total. The van der Waals surface area contributed by atoms with E-state index in [2.05, 4.69) is 5.32 Å². The predicted molar refractivity (Wildman–Crippen MR) is 100 cm³/mol. The van der Waals surface area contributed by atoms with Gasteiger partial charge in [0.2, 0.25) is 0 Å². The lowest BCUT2D eigenvalue weighted by molar-refractivity contribution is 0.0960. The summed E-state index contributed by atoms with van der Waals surface area (Å²) < 4.78 is 6.13. The van der Waals surface area contributed by atoms with E-state index < -0.39 is 6.10 Å². The highest BCUT2D eigenvalue weighted by atomic mass is 16.5. The molecule has 3 aromatic carbocycles. The van der Waals surface area contributed by atoms with E-state index in [1.54, 1.807) is 36.5 Å². The highest BCUT2D eigenvalue weighted by Crippen LogP contribution is 2.38. The van der Waals surface area contributed by atoms with Crippen molar-refractivity contribution in [3.63, 3.8) is 0 Å². The number of ether oxygens (including phenoxy) is 1. The average molecular weight is 343 g/mol. The Morgan fingerprint density at radius 1 is 0.885 bits per heavy atom. The zero-order chi connectivity index (χ0) is 17.9. The summed E-state index contributed by atoms with van der Waals surface area (Å²) >= 11 is 0. The third-order valence-corrected chi connectivity index (χ3v) is 4.31. The summed E-state index contributed by atoms with van der Waals surface area (Å²) in [4.78, 5) is 13.1. The van der Waals surface area contributed by atoms with Gasteiger partial charge in [-0.2, -0.15) is 0 Å². The fourth-order valence-corrected chi connectivity index (χ4v) is 2.99. The number of nitrogens with one attached hydrogen (secondary N) is 1. The largest absolute Gasteiger partial charge is 0.506 e. The van der Waals surface area contributed by atoms with Gasteiger partial charge in [-0.15, -0.1) is 0 Å². The van der Waals surface area contributed by atoms with Crippen LogP contribution in [0.2, 0.25) is 0 Å². The lowest BCUT2D eigenvalue weighted by atomic mass is 9.91. The van der Waals surface area contributed by atoms with Gasteiger partial charge in [0, 0.05) is 6.20 Å². The summed E-state index contributed by atoms with van der Waals surface area (Å²) in [6, 6.07) is 23.7. The van der Waals surface area contributed by atoms with Crippen LogP contribution in [0.3, 0.4) is 0 Å². The molecular formula is C22H17NO3. The molecule has 0 aliphatic carbocycles. The summed E-state index contributed by atoms with van der Waals surface area (Å²) in [6.07, 6.45) is 1.10. The minimum absolute atomic E-state index is 0.0939. The van der Waals surface area contributed by atoms with Gasteiger partial charge < -0.3 is 15.2 Å². The molecule has 0 radical (unpaired) electrons. The molecule has 0 bridgehead atoms. The second-order valence-corrected chi connectivity index (χ2v) is 6.00. The van der Waals surface area contributed by atoms with Crippen LogP contribution >= 0.6 is 0 Å². The molecule has 1 atom stereocenters. The molecule has 128 valence electrons. The molecule has 1 aliphatic rings. The van der Waals surface area contributed by atoms with Crippen molar-refractivity contribution in [2.45, 2.75) is 6.10 Å². The molecule has 0 saturated heterocycles. The molecule has 26 heavy (non-hydrogen) atoms. The molecule has 0 aromatic heterocycles. The van der Waals surface area contributed by atoms with E-state index >= 15 is 0 Å². The van der Waals surface area contributed by atoms with Crippen molar-refractivity contribution in [3.8, 4) is 11.5 Å². The van der Waals surface area contributed by atoms with E-state index in [-0.39, 0.29) is 11.5 Å². The number of phenols is 1. The Hall–Kier alpha value is -3.53. The number of para-hydroxylation sites is 3. The molecular weight excluding hydrogens is 326 g/mol. The topological polar surface area (TPSA) is 58.6 Å². The maximum atomic E-state index is 13.1. The lowest BCUT2D eigenvalue weighted by Crippen LogP contribution is -2.24. The Bertz CT molecular complexity index is 979. The monoisotopic (exact) mass is 343 g/mol. The van der Waals surface area contributed by atoms with Crippen LogP contribution < -0.4 is 10.1 Å². The van der Waals surface area contributed by atoms with Crippen LogP contribution in [0.25, 0.3) is 0 Å². The van der Waals surface area contributed by atoms with Gasteiger partial charge in [-0.3, -0.25) is 4.79 Å². The standard InChI is InChI=1S/C22H17NO3/c24-19-12-6-5-11-18(19)23-14-17-21(25)16-10-4-7-13-20(16)26-22(17)15-8-2-1-3-9-15/h1-14,22-24H. The first kappa shape index (κ1) is 16.0. The summed E-state index contributed by atoms with van der Waals surface area (Å²) in [5.74, 6) is 0.597. The molecule has 4 heteroatoms. The summed E-state index contributed by atoms with van der Waals surface area (Å²) in [5.41, 5.74) is 2.43. The summed E-state index contributed by atoms with van der Waals surface area (Å²) in [7, 11) is 0. The number of phenolic OH excluding ortho intramolecular Hbond substituents is 1. The van der Waals surface area contributed by atoms with E-state index in [0.29, 0.717) is 22.6 Å². The Morgan fingerprint density at radius 2 is 1.58 bits per heavy atom. The maximum Gasteiger partial charge on any atom is 0.198 e. The van der Waals surface area contributed by atoms with Crippen molar-refractivity contribution in [1.82, 2.24) is 0 Å². The molecule has 0 amide bonds. The molecule has 0 saturated carbocycles. The highest BCUT2D eigenvalue weighted by Gasteiger charge is 2.32. The SMILES string of the molecule is O=C1C(=CNc2ccccc2O)C(c2ccccc2)Oc2ccccc21. The first-order valence-corrected chi connectivity index (χ1v) is 8.34. The van der Waals surface area contributed by atoms with E-state index in [9.17, 15) is 9.90 Å². The molecule has 3 aromatic rings. The first-order chi connectivity index (χ1) is 12.7. The van der Waals surface area contributed by atoms with Crippen LogP contribution in [-0.2, 0) is 0 Å². The first-order valence-electron chi connectivity index (χ1n) is 8.34. The minimum Gasteiger partial charge on any atom is -0.506 e. The third-order valence-electron chi connectivity index (χ3n) is 4.31. The van der Waals surface area contributed by atoms with Gasteiger partial charge in [0.05, 0.1) is 16.8 Å². The second kappa shape index (κ2) is 6.76. The number of rotatable bonds is 3. The number of hydrogen-bond acceptors (Lipinski definition) is 4. The van der Waals surface area contributed by atoms with Gasteiger partial charge in [0.1, 0.15) is 11.5 Å². The second-order valence-electron chi connectivity index (χ2n) is 6.00. The molecule has 4 rings (SSSR count). The number of hydrogen-bond donors (Lipinski definition) is 2. The van der Waals surface area contributed by atoms with Gasteiger partial charge in [-0.1, -0.05) is 54.6 Å². The van der Waals surface area contributed by atoms with Gasteiger partial charge in [-0.05, 0) is 29.8 Å². The number of ketones is 1.